The third-order valence-electron chi connectivity index (χ3n) is 3.91. The molecule has 1 aliphatic carbocycles. The highest BCUT2D eigenvalue weighted by molar-refractivity contribution is 6.35. The second-order valence-corrected chi connectivity index (χ2v) is 6.08. The molecule has 2 aromatic rings. The van der Waals surface area contributed by atoms with Gasteiger partial charge in [-0.1, -0.05) is 28.9 Å². The molecule has 5 nitrogen and oxygen atoms in total. The van der Waals surface area contributed by atoms with E-state index in [9.17, 15) is 22.8 Å². The number of rotatable bonds is 3. The molecule has 1 aromatic heterocycles. The number of halogens is 4. The molecular formula is C16H12ClF3N2O3. The summed E-state index contributed by atoms with van der Waals surface area (Å²) in [4.78, 5) is 23.4. The summed E-state index contributed by atoms with van der Waals surface area (Å²) >= 11 is 6.09. The lowest BCUT2D eigenvalue weighted by atomic mass is 10.1. The Hall–Kier alpha value is -2.35. The van der Waals surface area contributed by atoms with Crippen LogP contribution in [-0.2, 0) is 11.0 Å². The van der Waals surface area contributed by atoms with E-state index in [0.717, 1.165) is 12.1 Å². The average Bonchev–Trinajstić information content (AvgIpc) is 3.12. The van der Waals surface area contributed by atoms with Gasteiger partial charge in [0.2, 0.25) is 0 Å². The summed E-state index contributed by atoms with van der Waals surface area (Å²) in [5, 5.41) is 6.15. The highest BCUT2D eigenvalue weighted by Crippen LogP contribution is 2.34. The maximum atomic E-state index is 12.6. The van der Waals surface area contributed by atoms with Crippen LogP contribution in [0.25, 0.3) is 11.3 Å². The number of carbonyl (C=O) groups excluding carboxylic acids is 2. The summed E-state index contributed by atoms with van der Waals surface area (Å²) in [5.74, 6) is -0.517. The first kappa shape index (κ1) is 17.5. The molecule has 1 saturated carbocycles. The Bertz CT molecular complexity index is 815. The van der Waals surface area contributed by atoms with E-state index in [1.807, 2.05) is 0 Å². The van der Waals surface area contributed by atoms with E-state index in [1.165, 1.54) is 12.1 Å². The molecule has 0 spiro atoms. The van der Waals surface area contributed by atoms with Crippen molar-refractivity contribution in [3.63, 3.8) is 0 Å². The van der Waals surface area contributed by atoms with Crippen molar-refractivity contribution in [3.8, 4) is 11.3 Å². The van der Waals surface area contributed by atoms with E-state index in [1.54, 1.807) is 0 Å². The maximum Gasteiger partial charge on any atom is 0.416 e. The molecule has 132 valence electrons. The number of nitrogens with zero attached hydrogens (tertiary/aromatic N) is 1. The Labute approximate surface area is 145 Å². The van der Waals surface area contributed by atoms with Crippen molar-refractivity contribution in [2.24, 2.45) is 0 Å². The Morgan fingerprint density at radius 2 is 1.96 bits per heavy atom. The molecule has 1 fully saturated rings. The lowest BCUT2D eigenvalue weighted by Crippen LogP contribution is -2.33. The van der Waals surface area contributed by atoms with Gasteiger partial charge >= 0.3 is 6.18 Å². The van der Waals surface area contributed by atoms with E-state index >= 15 is 0 Å². The molecule has 1 aromatic carbocycles. The Morgan fingerprint density at radius 1 is 1.28 bits per heavy atom. The molecule has 1 amide bonds. The summed E-state index contributed by atoms with van der Waals surface area (Å²) in [7, 11) is 0. The van der Waals surface area contributed by atoms with Crippen molar-refractivity contribution in [1.82, 2.24) is 10.5 Å². The van der Waals surface area contributed by atoms with Gasteiger partial charge in [0.15, 0.2) is 11.5 Å². The standard InChI is InChI=1S/C16H12ClF3N2O3/c17-12-13(15(24)21-10-5-6-11(23)7-10)22-25-14(12)8-1-3-9(4-2-8)16(18,19)20/h1-4,10H,5-7H2,(H,21,24). The predicted molar refractivity (Wildman–Crippen MR) is 82.1 cm³/mol. The van der Waals surface area contributed by atoms with E-state index in [-0.39, 0.29) is 40.3 Å². The highest BCUT2D eigenvalue weighted by atomic mass is 35.5. The normalized spacial score (nSPS) is 17.8. The summed E-state index contributed by atoms with van der Waals surface area (Å²) < 4.78 is 42.8. The number of amides is 1. The predicted octanol–water partition coefficient (Wildman–Crippen LogP) is 3.87. The molecule has 25 heavy (non-hydrogen) atoms. The number of aromatic nitrogens is 1. The minimum atomic E-state index is -4.45. The van der Waals surface area contributed by atoms with Crippen LogP contribution in [0.15, 0.2) is 28.8 Å². The summed E-state index contributed by atoms with van der Waals surface area (Å²) in [5.41, 5.74) is -0.715. The third-order valence-corrected chi connectivity index (χ3v) is 4.26. The topological polar surface area (TPSA) is 72.2 Å². The number of carbonyl (C=O) groups is 2. The van der Waals surface area contributed by atoms with Crippen molar-refractivity contribution >= 4 is 23.3 Å². The number of alkyl halides is 3. The Kier molecular flexibility index (Phi) is 4.55. The van der Waals surface area contributed by atoms with Crippen molar-refractivity contribution in [2.45, 2.75) is 31.5 Å². The van der Waals surface area contributed by atoms with Gasteiger partial charge in [-0.2, -0.15) is 13.2 Å². The SMILES string of the molecule is O=C1CCC(NC(=O)c2noc(-c3ccc(C(F)(F)F)cc3)c2Cl)C1. The van der Waals surface area contributed by atoms with Gasteiger partial charge in [0.25, 0.3) is 5.91 Å². The largest absolute Gasteiger partial charge is 0.416 e. The minimum Gasteiger partial charge on any atom is -0.354 e. The molecule has 0 aliphatic heterocycles. The van der Waals surface area contributed by atoms with Gasteiger partial charge in [0.05, 0.1) is 5.56 Å². The second kappa shape index (κ2) is 6.51. The first-order valence-electron chi connectivity index (χ1n) is 7.41. The minimum absolute atomic E-state index is 0.00281. The molecule has 0 saturated heterocycles. The van der Waals surface area contributed by atoms with E-state index in [0.29, 0.717) is 12.8 Å². The number of hydrogen-bond donors (Lipinski definition) is 1. The van der Waals surface area contributed by atoms with Crippen LogP contribution in [0.4, 0.5) is 13.2 Å². The number of Topliss-reactive ketones (excluding diaryl/α,β-unsaturated/α-hetero) is 1. The first-order valence-corrected chi connectivity index (χ1v) is 7.79. The van der Waals surface area contributed by atoms with Crippen LogP contribution in [0.2, 0.25) is 5.02 Å². The van der Waals surface area contributed by atoms with Gasteiger partial charge in [-0.3, -0.25) is 9.59 Å². The zero-order chi connectivity index (χ0) is 18.2. The van der Waals surface area contributed by atoms with Crippen molar-refractivity contribution in [3.05, 3.63) is 40.5 Å². The molecule has 3 rings (SSSR count). The molecule has 0 radical (unpaired) electrons. The highest BCUT2D eigenvalue weighted by Gasteiger charge is 2.31. The van der Waals surface area contributed by atoms with Crippen LogP contribution < -0.4 is 5.32 Å². The molecule has 1 N–H and O–H groups in total. The monoisotopic (exact) mass is 372 g/mol. The lowest BCUT2D eigenvalue weighted by molar-refractivity contribution is -0.137. The van der Waals surface area contributed by atoms with Crippen LogP contribution >= 0.6 is 11.6 Å². The molecule has 1 unspecified atom stereocenters. The zero-order valence-corrected chi connectivity index (χ0v) is 13.4. The van der Waals surface area contributed by atoms with Crippen molar-refractivity contribution in [1.29, 1.82) is 0 Å². The number of benzene rings is 1. The smallest absolute Gasteiger partial charge is 0.354 e. The fraction of sp³-hybridized carbons (Fsp3) is 0.312. The van der Waals surface area contributed by atoms with E-state index in [2.05, 4.69) is 10.5 Å². The molecule has 1 heterocycles. The number of nitrogens with one attached hydrogen (secondary N) is 1. The van der Waals surface area contributed by atoms with Gasteiger partial charge in [-0.25, -0.2) is 0 Å². The van der Waals surface area contributed by atoms with Gasteiger partial charge < -0.3 is 9.84 Å². The Balaban J connectivity index is 1.79. The van der Waals surface area contributed by atoms with E-state index < -0.39 is 17.6 Å². The summed E-state index contributed by atoms with van der Waals surface area (Å²) in [6.07, 6.45) is -3.24. The first-order chi connectivity index (χ1) is 11.8. The van der Waals surface area contributed by atoms with Crippen LogP contribution in [-0.4, -0.2) is 22.9 Å². The van der Waals surface area contributed by atoms with Gasteiger partial charge in [0.1, 0.15) is 10.8 Å². The summed E-state index contributed by atoms with van der Waals surface area (Å²) in [6, 6.07) is 3.87. The number of hydrogen-bond acceptors (Lipinski definition) is 4. The van der Waals surface area contributed by atoms with Crippen LogP contribution in [0.3, 0.4) is 0 Å². The van der Waals surface area contributed by atoms with Crippen molar-refractivity contribution < 1.29 is 27.3 Å². The molecule has 1 atom stereocenters. The fourth-order valence-electron chi connectivity index (χ4n) is 2.60. The average molecular weight is 373 g/mol. The van der Waals surface area contributed by atoms with E-state index in [4.69, 9.17) is 16.1 Å². The van der Waals surface area contributed by atoms with Gasteiger partial charge in [-0.05, 0) is 18.6 Å². The summed E-state index contributed by atoms with van der Waals surface area (Å²) in [6.45, 7) is 0. The number of ketones is 1. The van der Waals surface area contributed by atoms with Gasteiger partial charge in [0, 0.05) is 24.4 Å². The van der Waals surface area contributed by atoms with Crippen LogP contribution in [0.1, 0.15) is 35.3 Å². The van der Waals surface area contributed by atoms with Crippen molar-refractivity contribution in [2.75, 3.05) is 0 Å². The molecule has 9 heteroatoms. The quantitative estimate of drug-likeness (QED) is 0.887. The Morgan fingerprint density at radius 3 is 2.52 bits per heavy atom. The lowest BCUT2D eigenvalue weighted by Gasteiger charge is -2.09. The van der Waals surface area contributed by atoms with Crippen LogP contribution in [0.5, 0.6) is 0 Å². The molecular weight excluding hydrogens is 361 g/mol. The second-order valence-electron chi connectivity index (χ2n) is 5.70. The molecule has 1 aliphatic rings. The van der Waals surface area contributed by atoms with Gasteiger partial charge in [-0.15, -0.1) is 0 Å². The fourth-order valence-corrected chi connectivity index (χ4v) is 2.87. The zero-order valence-electron chi connectivity index (χ0n) is 12.7. The third kappa shape index (κ3) is 3.68. The van der Waals surface area contributed by atoms with Crippen LogP contribution in [0, 0.1) is 0 Å². The maximum absolute atomic E-state index is 12.6. The molecule has 0 bridgehead atoms.